The van der Waals surface area contributed by atoms with Gasteiger partial charge in [0.15, 0.2) is 0 Å². The van der Waals surface area contributed by atoms with Crippen molar-refractivity contribution in [3.8, 4) is 0 Å². The molecule has 2 aromatic rings. The number of piperidine rings is 1. The summed E-state index contributed by atoms with van der Waals surface area (Å²) >= 11 is 0. The maximum absolute atomic E-state index is 12.4. The summed E-state index contributed by atoms with van der Waals surface area (Å²) < 4.78 is 1.51. The van der Waals surface area contributed by atoms with E-state index in [1.165, 1.54) is 23.7 Å². The third-order valence-electron chi connectivity index (χ3n) is 5.35. The van der Waals surface area contributed by atoms with Crippen molar-refractivity contribution in [2.75, 3.05) is 19.6 Å². The topological polar surface area (TPSA) is 67.2 Å². The fourth-order valence-corrected chi connectivity index (χ4v) is 3.44. The lowest BCUT2D eigenvalue weighted by Crippen LogP contribution is -2.45. The van der Waals surface area contributed by atoms with Gasteiger partial charge in [-0.25, -0.2) is 4.98 Å². The number of hydrogen-bond donors (Lipinski definition) is 1. The molecule has 0 unspecified atom stereocenters. The predicted octanol–water partition coefficient (Wildman–Crippen LogP) is 2.02. The molecule has 1 amide bonds. The first-order valence-electron chi connectivity index (χ1n) is 9.49. The lowest BCUT2D eigenvalue weighted by molar-refractivity contribution is -0.121. The maximum Gasteiger partial charge on any atom is 0.261 e. The summed E-state index contributed by atoms with van der Waals surface area (Å²) in [6, 6.07) is 7.61. The molecule has 1 aliphatic heterocycles. The summed E-state index contributed by atoms with van der Waals surface area (Å²) in [4.78, 5) is 31.3. The van der Waals surface area contributed by atoms with Crippen molar-refractivity contribution < 1.29 is 4.79 Å². The molecule has 3 rings (SSSR count). The van der Waals surface area contributed by atoms with Crippen molar-refractivity contribution in [1.82, 2.24) is 19.8 Å². The van der Waals surface area contributed by atoms with Gasteiger partial charge in [0.2, 0.25) is 5.91 Å². The number of amides is 1. The summed E-state index contributed by atoms with van der Waals surface area (Å²) in [5.74, 6) is 0.782. The molecule has 140 valence electrons. The number of fused-ring (bicyclic) bond motifs is 1. The SMILES string of the molecule is CC1CCN([C@H](C)CNC(=O)CCn2cnc3ccccc3c2=O)CC1. The number of benzene rings is 1. The zero-order chi connectivity index (χ0) is 18.5. The Morgan fingerprint density at radius 1 is 1.31 bits per heavy atom. The average molecular weight is 356 g/mol. The molecule has 1 N–H and O–H groups in total. The summed E-state index contributed by atoms with van der Waals surface area (Å²) in [6.07, 6.45) is 4.27. The number of aryl methyl sites for hydroxylation is 1. The van der Waals surface area contributed by atoms with E-state index in [0.29, 0.717) is 30.0 Å². The van der Waals surface area contributed by atoms with E-state index in [0.717, 1.165) is 19.0 Å². The molecular weight excluding hydrogens is 328 g/mol. The lowest BCUT2D eigenvalue weighted by atomic mass is 9.98. The molecule has 2 heterocycles. The molecule has 1 fully saturated rings. The van der Waals surface area contributed by atoms with Gasteiger partial charge in [-0.3, -0.25) is 19.1 Å². The van der Waals surface area contributed by atoms with Gasteiger partial charge in [0.05, 0.1) is 17.2 Å². The molecule has 6 nitrogen and oxygen atoms in total. The Hall–Kier alpha value is -2.21. The molecule has 0 radical (unpaired) electrons. The number of para-hydroxylation sites is 1. The average Bonchev–Trinajstić information content (AvgIpc) is 2.66. The highest BCUT2D eigenvalue weighted by molar-refractivity contribution is 5.77. The van der Waals surface area contributed by atoms with E-state index >= 15 is 0 Å². The number of rotatable bonds is 6. The van der Waals surface area contributed by atoms with Crippen molar-refractivity contribution >= 4 is 16.8 Å². The lowest BCUT2D eigenvalue weighted by Gasteiger charge is -2.35. The zero-order valence-electron chi connectivity index (χ0n) is 15.6. The Kier molecular flexibility index (Phi) is 6.04. The Bertz CT molecular complexity index is 809. The van der Waals surface area contributed by atoms with Crippen LogP contribution in [0.4, 0.5) is 0 Å². The smallest absolute Gasteiger partial charge is 0.261 e. The zero-order valence-corrected chi connectivity index (χ0v) is 15.6. The van der Waals surface area contributed by atoms with Gasteiger partial charge in [0, 0.05) is 25.6 Å². The van der Waals surface area contributed by atoms with Crippen molar-refractivity contribution in [3.05, 3.63) is 40.9 Å². The van der Waals surface area contributed by atoms with Crippen LogP contribution >= 0.6 is 0 Å². The second kappa shape index (κ2) is 8.45. The fourth-order valence-electron chi connectivity index (χ4n) is 3.44. The Morgan fingerprint density at radius 3 is 2.81 bits per heavy atom. The van der Waals surface area contributed by atoms with Gasteiger partial charge in [-0.1, -0.05) is 19.1 Å². The van der Waals surface area contributed by atoms with Gasteiger partial charge in [-0.2, -0.15) is 0 Å². The first-order valence-corrected chi connectivity index (χ1v) is 9.49. The molecule has 0 spiro atoms. The van der Waals surface area contributed by atoms with Gasteiger partial charge in [0.25, 0.3) is 5.56 Å². The maximum atomic E-state index is 12.4. The number of carbonyl (C=O) groups excluding carboxylic acids is 1. The minimum Gasteiger partial charge on any atom is -0.354 e. The summed E-state index contributed by atoms with van der Waals surface area (Å²) in [5, 5.41) is 3.59. The Labute approximate surface area is 154 Å². The number of nitrogens with one attached hydrogen (secondary N) is 1. The normalized spacial score (nSPS) is 17.3. The molecular formula is C20H28N4O2. The number of carbonyl (C=O) groups is 1. The standard InChI is InChI=1S/C20H28N4O2/c1-15-7-10-23(11-8-15)16(2)13-21-19(25)9-12-24-14-22-18-6-4-3-5-17(18)20(24)26/h3-6,14-16H,7-13H2,1-2H3,(H,21,25)/t16-/m1/s1. The van der Waals surface area contributed by atoms with E-state index in [4.69, 9.17) is 0 Å². The van der Waals surface area contributed by atoms with Crippen LogP contribution in [0.3, 0.4) is 0 Å². The van der Waals surface area contributed by atoms with Crippen LogP contribution in [0, 0.1) is 5.92 Å². The Balaban J connectivity index is 1.48. The fraction of sp³-hybridized carbons (Fsp3) is 0.550. The molecule has 0 saturated carbocycles. The first-order chi connectivity index (χ1) is 12.5. The predicted molar refractivity (Wildman–Crippen MR) is 103 cm³/mol. The van der Waals surface area contributed by atoms with E-state index in [2.05, 4.69) is 29.0 Å². The number of hydrogen-bond acceptors (Lipinski definition) is 4. The van der Waals surface area contributed by atoms with Crippen LogP contribution in [0.2, 0.25) is 0 Å². The third-order valence-corrected chi connectivity index (χ3v) is 5.35. The number of aromatic nitrogens is 2. The van der Waals surface area contributed by atoms with E-state index in [1.54, 1.807) is 6.07 Å². The van der Waals surface area contributed by atoms with Crippen molar-refractivity contribution in [3.63, 3.8) is 0 Å². The molecule has 6 heteroatoms. The molecule has 1 aromatic carbocycles. The van der Waals surface area contributed by atoms with E-state index in [9.17, 15) is 9.59 Å². The third kappa shape index (κ3) is 4.49. The summed E-state index contributed by atoms with van der Waals surface area (Å²) in [6.45, 7) is 7.67. The van der Waals surface area contributed by atoms with Crippen LogP contribution in [-0.4, -0.2) is 46.0 Å². The second-order valence-corrected chi connectivity index (χ2v) is 7.38. The van der Waals surface area contributed by atoms with Crippen LogP contribution in [-0.2, 0) is 11.3 Å². The summed E-state index contributed by atoms with van der Waals surface area (Å²) in [7, 11) is 0. The molecule has 0 bridgehead atoms. The summed E-state index contributed by atoms with van der Waals surface area (Å²) in [5.41, 5.74) is 0.585. The van der Waals surface area contributed by atoms with Crippen molar-refractivity contribution in [2.45, 2.75) is 45.7 Å². The van der Waals surface area contributed by atoms with Gasteiger partial charge in [0.1, 0.15) is 0 Å². The highest BCUT2D eigenvalue weighted by Gasteiger charge is 2.20. The molecule has 1 aliphatic rings. The van der Waals surface area contributed by atoms with E-state index in [1.807, 2.05) is 18.2 Å². The monoisotopic (exact) mass is 356 g/mol. The van der Waals surface area contributed by atoms with Crippen molar-refractivity contribution in [2.24, 2.45) is 5.92 Å². The number of nitrogens with zero attached hydrogens (tertiary/aromatic N) is 3. The van der Waals surface area contributed by atoms with Gasteiger partial charge in [-0.05, 0) is 50.9 Å². The van der Waals surface area contributed by atoms with Crippen LogP contribution in [0.5, 0.6) is 0 Å². The van der Waals surface area contributed by atoms with Crippen LogP contribution in [0.1, 0.15) is 33.1 Å². The van der Waals surface area contributed by atoms with E-state index in [-0.39, 0.29) is 17.9 Å². The van der Waals surface area contributed by atoms with Crippen molar-refractivity contribution in [1.29, 1.82) is 0 Å². The molecule has 1 saturated heterocycles. The molecule has 26 heavy (non-hydrogen) atoms. The van der Waals surface area contributed by atoms with Gasteiger partial charge >= 0.3 is 0 Å². The minimum absolute atomic E-state index is 0.0257. The van der Waals surface area contributed by atoms with Crippen LogP contribution in [0.15, 0.2) is 35.4 Å². The number of likely N-dealkylation sites (tertiary alicyclic amines) is 1. The molecule has 1 atom stereocenters. The van der Waals surface area contributed by atoms with Gasteiger partial charge in [-0.15, -0.1) is 0 Å². The molecule has 0 aliphatic carbocycles. The first kappa shape index (κ1) is 18.6. The highest BCUT2D eigenvalue weighted by atomic mass is 16.1. The van der Waals surface area contributed by atoms with Gasteiger partial charge < -0.3 is 5.32 Å². The quantitative estimate of drug-likeness (QED) is 0.860. The Morgan fingerprint density at radius 2 is 2.04 bits per heavy atom. The van der Waals surface area contributed by atoms with E-state index < -0.39 is 0 Å². The molecule has 1 aromatic heterocycles. The van der Waals surface area contributed by atoms with Crippen LogP contribution in [0.25, 0.3) is 10.9 Å². The minimum atomic E-state index is -0.0980. The highest BCUT2D eigenvalue weighted by Crippen LogP contribution is 2.17. The second-order valence-electron chi connectivity index (χ2n) is 7.38. The largest absolute Gasteiger partial charge is 0.354 e. The van der Waals surface area contributed by atoms with Crippen LogP contribution < -0.4 is 10.9 Å².